The van der Waals surface area contributed by atoms with Crippen LogP contribution in [0.2, 0.25) is 0 Å². The van der Waals surface area contributed by atoms with Gasteiger partial charge in [0, 0.05) is 49.9 Å². The van der Waals surface area contributed by atoms with Crippen LogP contribution < -0.4 is 0 Å². The molecule has 0 radical (unpaired) electrons. The van der Waals surface area contributed by atoms with E-state index in [0.29, 0.717) is 22.6 Å². The first-order chi connectivity index (χ1) is 26.5. The van der Waals surface area contributed by atoms with Gasteiger partial charge < -0.3 is 8.83 Å². The Morgan fingerprint density at radius 3 is 1.74 bits per heavy atom. The van der Waals surface area contributed by atoms with Crippen molar-refractivity contribution in [3.8, 4) is 45.3 Å². The average molecular weight is 719 g/mol. The summed E-state index contributed by atoms with van der Waals surface area (Å²) in [6.45, 7) is 4.22. The van der Waals surface area contributed by atoms with E-state index in [1.165, 1.54) is 0 Å². The number of benzene rings is 6. The Kier molecular flexibility index (Phi) is 7.60. The number of halogens is 1. The highest BCUT2D eigenvalue weighted by atomic mass is 35.5. The zero-order valence-electron chi connectivity index (χ0n) is 29.4. The van der Waals surface area contributed by atoms with E-state index in [2.05, 4.69) is 38.1 Å². The third kappa shape index (κ3) is 5.26. The molecule has 54 heavy (non-hydrogen) atoms. The fraction of sp³-hybridized carbons (Fsp3) is 0.0638. The number of nitrogens with zero attached hydrogens (tertiary/aromatic N) is 4. The summed E-state index contributed by atoms with van der Waals surface area (Å²) in [4.78, 5) is 19.9. The summed E-state index contributed by atoms with van der Waals surface area (Å²) in [5.41, 5.74) is 10.8. The van der Waals surface area contributed by atoms with Crippen molar-refractivity contribution in [1.29, 1.82) is 0 Å². The van der Waals surface area contributed by atoms with E-state index in [9.17, 15) is 0 Å². The average Bonchev–Trinajstić information content (AvgIpc) is 3.79. The lowest BCUT2D eigenvalue weighted by molar-refractivity contribution is 0.597. The lowest BCUT2D eigenvalue weighted by atomic mass is 9.87. The highest BCUT2D eigenvalue weighted by Gasteiger charge is 2.30. The Morgan fingerprint density at radius 2 is 1.09 bits per heavy atom. The van der Waals surface area contributed by atoms with Crippen molar-refractivity contribution in [3.63, 3.8) is 0 Å². The Hall–Kier alpha value is -6.63. The number of aromatic nitrogens is 3. The molecule has 9 aromatic rings. The van der Waals surface area contributed by atoms with Gasteiger partial charge in [0.1, 0.15) is 27.6 Å². The SMILES string of the molecule is CC1=C(Cl)N=C(c2ccccc2)c2oc3cccc(-c4ccc5oc6cccc(-c7nc(-c8ccccc8)nc(-c8ccccc8)n7)c6c5c4)c3c2C1C. The topological polar surface area (TPSA) is 77.3 Å². The highest BCUT2D eigenvalue weighted by Crippen LogP contribution is 2.46. The summed E-state index contributed by atoms with van der Waals surface area (Å²) in [7, 11) is 0. The second-order valence-electron chi connectivity index (χ2n) is 13.6. The molecule has 7 heteroatoms. The minimum atomic E-state index is -0.0357. The second-order valence-corrected chi connectivity index (χ2v) is 13.9. The number of hydrogen-bond acceptors (Lipinski definition) is 6. The van der Waals surface area contributed by atoms with Crippen molar-refractivity contribution >= 4 is 50.2 Å². The fourth-order valence-electron chi connectivity index (χ4n) is 7.54. The number of rotatable bonds is 5. The van der Waals surface area contributed by atoms with Crippen LogP contribution in [0, 0.1) is 0 Å². The largest absolute Gasteiger partial charge is 0.456 e. The third-order valence-corrected chi connectivity index (χ3v) is 10.8. The van der Waals surface area contributed by atoms with Gasteiger partial charge in [-0.25, -0.2) is 19.9 Å². The van der Waals surface area contributed by atoms with Crippen LogP contribution in [0.15, 0.2) is 170 Å². The maximum absolute atomic E-state index is 6.85. The first-order valence-electron chi connectivity index (χ1n) is 17.9. The molecule has 0 fully saturated rings. The number of fused-ring (bicyclic) bond motifs is 6. The molecule has 10 rings (SSSR count). The Balaban J connectivity index is 1.19. The molecule has 0 bridgehead atoms. The smallest absolute Gasteiger partial charge is 0.164 e. The normalized spacial score (nSPS) is 14.4. The second kappa shape index (κ2) is 12.8. The van der Waals surface area contributed by atoms with Crippen molar-refractivity contribution in [3.05, 3.63) is 173 Å². The van der Waals surface area contributed by atoms with E-state index in [-0.39, 0.29) is 5.92 Å². The summed E-state index contributed by atoms with van der Waals surface area (Å²) in [6.07, 6.45) is 0. The van der Waals surface area contributed by atoms with Gasteiger partial charge in [0.2, 0.25) is 0 Å². The Bertz CT molecular complexity index is 2910. The van der Waals surface area contributed by atoms with Crippen LogP contribution in [0.5, 0.6) is 0 Å². The van der Waals surface area contributed by atoms with Gasteiger partial charge in [-0.1, -0.05) is 140 Å². The first kappa shape index (κ1) is 32.1. The summed E-state index contributed by atoms with van der Waals surface area (Å²) in [5, 5.41) is 3.43. The summed E-state index contributed by atoms with van der Waals surface area (Å²) in [5.74, 6) is 2.49. The van der Waals surface area contributed by atoms with Gasteiger partial charge >= 0.3 is 0 Å². The molecule has 0 N–H and O–H groups in total. The third-order valence-electron chi connectivity index (χ3n) is 10.4. The van der Waals surface area contributed by atoms with Crippen LogP contribution in [0.1, 0.15) is 36.7 Å². The standard InChI is InChI=1S/C47H31ClN4O2/c1-27-28(2)44(48)49-42(29-14-6-3-7-15-29)43-39(27)41-33(20-12-23-38(41)54-43)32-24-25-36-35(26-32)40-34(21-13-22-37(40)53-36)47-51-45(30-16-8-4-9-17-30)50-46(52-47)31-18-10-5-11-19-31/h3-27H,1-2H3. The highest BCUT2D eigenvalue weighted by molar-refractivity contribution is 6.32. The molecular formula is C47H31ClN4O2. The van der Waals surface area contributed by atoms with E-state index < -0.39 is 0 Å². The minimum absolute atomic E-state index is 0.0357. The predicted octanol–water partition coefficient (Wildman–Crippen LogP) is 12.6. The van der Waals surface area contributed by atoms with Crippen molar-refractivity contribution < 1.29 is 8.83 Å². The van der Waals surface area contributed by atoms with Crippen LogP contribution >= 0.6 is 11.6 Å². The van der Waals surface area contributed by atoms with E-state index >= 15 is 0 Å². The zero-order valence-corrected chi connectivity index (χ0v) is 30.2. The maximum atomic E-state index is 6.85. The molecule has 0 spiro atoms. The molecule has 0 saturated heterocycles. The molecule has 4 heterocycles. The van der Waals surface area contributed by atoms with E-state index in [4.69, 9.17) is 40.4 Å². The predicted molar refractivity (Wildman–Crippen MR) is 218 cm³/mol. The Morgan fingerprint density at radius 1 is 0.519 bits per heavy atom. The van der Waals surface area contributed by atoms with Crippen LogP contribution in [0.4, 0.5) is 0 Å². The van der Waals surface area contributed by atoms with Crippen molar-refractivity contribution in [2.24, 2.45) is 4.99 Å². The Labute approximate surface area is 316 Å². The van der Waals surface area contributed by atoms with Crippen LogP contribution in [0.3, 0.4) is 0 Å². The van der Waals surface area contributed by atoms with Crippen molar-refractivity contribution in [1.82, 2.24) is 15.0 Å². The molecule has 1 aliphatic heterocycles. The molecule has 1 aliphatic rings. The van der Waals surface area contributed by atoms with Crippen LogP contribution in [0.25, 0.3) is 78.2 Å². The molecule has 1 atom stereocenters. The molecule has 3 aromatic heterocycles. The lowest BCUT2D eigenvalue weighted by Gasteiger charge is -2.13. The molecular weight excluding hydrogens is 688 g/mol. The number of furan rings is 2. The molecule has 6 nitrogen and oxygen atoms in total. The molecule has 258 valence electrons. The van der Waals surface area contributed by atoms with E-state index in [1.807, 2.05) is 121 Å². The van der Waals surface area contributed by atoms with Crippen molar-refractivity contribution in [2.75, 3.05) is 0 Å². The quantitative estimate of drug-likeness (QED) is 0.166. The summed E-state index contributed by atoms with van der Waals surface area (Å²) < 4.78 is 13.2. The van der Waals surface area contributed by atoms with Gasteiger partial charge in [-0.15, -0.1) is 0 Å². The maximum Gasteiger partial charge on any atom is 0.164 e. The van der Waals surface area contributed by atoms with Gasteiger partial charge in [0.25, 0.3) is 0 Å². The number of hydrogen-bond donors (Lipinski definition) is 0. The number of allylic oxidation sites excluding steroid dienone is 1. The van der Waals surface area contributed by atoms with Crippen LogP contribution in [-0.4, -0.2) is 20.7 Å². The number of aliphatic imine (C=N–C) groups is 1. The van der Waals surface area contributed by atoms with Gasteiger partial charge in [-0.2, -0.15) is 0 Å². The van der Waals surface area contributed by atoms with Gasteiger partial charge in [-0.3, -0.25) is 0 Å². The lowest BCUT2D eigenvalue weighted by Crippen LogP contribution is -2.05. The molecule has 0 amide bonds. The van der Waals surface area contributed by atoms with E-state index in [0.717, 1.165) is 88.9 Å². The van der Waals surface area contributed by atoms with Gasteiger partial charge in [0.15, 0.2) is 23.2 Å². The van der Waals surface area contributed by atoms with Crippen LogP contribution in [-0.2, 0) is 0 Å². The molecule has 0 saturated carbocycles. The monoisotopic (exact) mass is 718 g/mol. The fourth-order valence-corrected chi connectivity index (χ4v) is 7.78. The molecule has 1 unspecified atom stereocenters. The first-order valence-corrected chi connectivity index (χ1v) is 18.3. The van der Waals surface area contributed by atoms with Crippen molar-refractivity contribution in [2.45, 2.75) is 19.8 Å². The molecule has 0 aliphatic carbocycles. The summed E-state index contributed by atoms with van der Waals surface area (Å²) in [6, 6.07) is 48.8. The van der Waals surface area contributed by atoms with Gasteiger partial charge in [0.05, 0.1) is 0 Å². The molecule has 6 aromatic carbocycles. The summed E-state index contributed by atoms with van der Waals surface area (Å²) >= 11 is 6.85. The van der Waals surface area contributed by atoms with Gasteiger partial charge in [-0.05, 0) is 47.9 Å². The van der Waals surface area contributed by atoms with E-state index in [1.54, 1.807) is 0 Å². The zero-order chi connectivity index (χ0) is 36.3. The minimum Gasteiger partial charge on any atom is -0.456 e.